The van der Waals surface area contributed by atoms with Crippen molar-refractivity contribution in [3.8, 4) is 0 Å². The molecule has 0 bridgehead atoms. The van der Waals surface area contributed by atoms with E-state index in [1.165, 1.54) is 0 Å². The Kier molecular flexibility index (Phi) is 17.6. The molecule has 0 aromatic heterocycles. The number of piperazine rings is 1. The van der Waals surface area contributed by atoms with E-state index in [1.54, 1.807) is 0 Å². The summed E-state index contributed by atoms with van der Waals surface area (Å²) in [6.07, 6.45) is 3.05. The highest BCUT2D eigenvalue weighted by molar-refractivity contribution is 5.92. The number of aliphatic carboxylic acids is 4. The summed E-state index contributed by atoms with van der Waals surface area (Å²) in [6, 6.07) is 7.85. The Bertz CT molecular complexity index is 919. The molecule has 0 atom stereocenters. The third kappa shape index (κ3) is 19.5. The molecule has 1 heterocycles. The lowest BCUT2D eigenvalue weighted by molar-refractivity contribution is -0.134. The second kappa shape index (κ2) is 19.8. The number of nitrogens with zero attached hydrogens (tertiary/aromatic N) is 3. The third-order valence-electron chi connectivity index (χ3n) is 4.87. The summed E-state index contributed by atoms with van der Waals surface area (Å²) in [7, 11) is 3.99. The number of carboxylic acid groups (broad SMARTS) is 4. The predicted molar refractivity (Wildman–Crippen MR) is 143 cm³/mol. The number of anilines is 2. The molecule has 2 rings (SSSR count). The second-order valence-electron chi connectivity index (χ2n) is 8.20. The summed E-state index contributed by atoms with van der Waals surface area (Å²) in [6.45, 7) is 5.35. The molecule has 0 radical (unpaired) electrons. The number of rotatable bonds is 11. The SMILES string of the molecule is CN(C)c1ccc(NC(=O)CN2CCN(CCCO)CC2)cc1.O=C(O)/C=C\C(=O)O.O=C(O)/C=C\C(=O)O. The fourth-order valence-corrected chi connectivity index (χ4v) is 3.00. The molecule has 0 spiro atoms. The summed E-state index contributed by atoms with van der Waals surface area (Å²) in [5.41, 5.74) is 1.95. The highest BCUT2D eigenvalue weighted by Gasteiger charge is 2.18. The van der Waals surface area contributed by atoms with Gasteiger partial charge >= 0.3 is 23.9 Å². The van der Waals surface area contributed by atoms with Crippen LogP contribution in [0, 0.1) is 0 Å². The van der Waals surface area contributed by atoms with Crippen molar-refractivity contribution in [1.82, 2.24) is 9.80 Å². The molecule has 1 saturated heterocycles. The Morgan fingerprint density at radius 1 is 0.769 bits per heavy atom. The van der Waals surface area contributed by atoms with Crippen molar-refractivity contribution >= 4 is 41.2 Å². The lowest BCUT2D eigenvalue weighted by atomic mass is 10.2. The standard InChI is InChI=1S/C17H28N4O2.2C4H4O4/c1-19(2)16-6-4-15(5-7-16)18-17(23)14-21-11-9-20(10-12-21)8-3-13-22;2*5-3(6)1-2-4(7)8/h4-7,22H,3,8-14H2,1-2H3,(H,18,23);2*1-2H,(H,5,6)(H,7,8)/b;2*2-1-. The minimum absolute atomic E-state index is 0.0337. The van der Waals surface area contributed by atoms with Crippen LogP contribution in [0.1, 0.15) is 6.42 Å². The van der Waals surface area contributed by atoms with E-state index in [4.69, 9.17) is 25.5 Å². The van der Waals surface area contributed by atoms with Crippen LogP contribution < -0.4 is 10.2 Å². The van der Waals surface area contributed by atoms with E-state index in [-0.39, 0.29) is 12.5 Å². The molecule has 0 unspecified atom stereocenters. The maximum absolute atomic E-state index is 12.1. The van der Waals surface area contributed by atoms with Crippen LogP contribution in [0.25, 0.3) is 0 Å². The number of amides is 1. The van der Waals surface area contributed by atoms with Gasteiger partial charge in [0.1, 0.15) is 0 Å². The van der Waals surface area contributed by atoms with Gasteiger partial charge in [0.15, 0.2) is 0 Å². The molecule has 14 nitrogen and oxygen atoms in total. The molecule has 1 fully saturated rings. The summed E-state index contributed by atoms with van der Waals surface area (Å²) in [5, 5.41) is 43.1. The number of carboxylic acids is 4. The Labute approximate surface area is 226 Å². The number of aliphatic hydroxyl groups is 1. The number of hydrogen-bond acceptors (Lipinski definition) is 9. The molecule has 216 valence electrons. The molecule has 0 aliphatic carbocycles. The molecule has 39 heavy (non-hydrogen) atoms. The Morgan fingerprint density at radius 2 is 1.18 bits per heavy atom. The number of hydrogen-bond donors (Lipinski definition) is 6. The van der Waals surface area contributed by atoms with E-state index in [0.29, 0.717) is 30.8 Å². The first-order chi connectivity index (χ1) is 18.3. The maximum Gasteiger partial charge on any atom is 0.328 e. The van der Waals surface area contributed by atoms with Gasteiger partial charge in [0.2, 0.25) is 5.91 Å². The third-order valence-corrected chi connectivity index (χ3v) is 4.87. The molecule has 0 saturated carbocycles. The van der Waals surface area contributed by atoms with Crippen molar-refractivity contribution in [2.24, 2.45) is 0 Å². The van der Waals surface area contributed by atoms with Crippen LogP contribution in [-0.2, 0) is 24.0 Å². The van der Waals surface area contributed by atoms with E-state index in [2.05, 4.69) is 15.1 Å². The lowest BCUT2D eigenvalue weighted by Crippen LogP contribution is -2.48. The monoisotopic (exact) mass is 552 g/mol. The molecule has 1 amide bonds. The van der Waals surface area contributed by atoms with E-state index in [1.807, 2.05) is 43.3 Å². The molecule has 1 aliphatic rings. The number of aliphatic hydroxyl groups excluding tert-OH is 1. The normalized spacial score (nSPS) is 13.5. The van der Waals surface area contributed by atoms with Crippen molar-refractivity contribution in [3.63, 3.8) is 0 Å². The average Bonchev–Trinajstić information content (AvgIpc) is 2.87. The van der Waals surface area contributed by atoms with Gasteiger partial charge in [-0.15, -0.1) is 0 Å². The number of carbonyl (C=O) groups is 5. The number of benzene rings is 1. The fourth-order valence-electron chi connectivity index (χ4n) is 3.00. The van der Waals surface area contributed by atoms with Crippen LogP contribution in [0.2, 0.25) is 0 Å². The summed E-state index contributed by atoms with van der Waals surface area (Å²) in [4.78, 5) is 56.9. The Hall–Kier alpha value is -4.27. The Balaban J connectivity index is 0.000000742. The van der Waals surface area contributed by atoms with Crippen LogP contribution in [0.4, 0.5) is 11.4 Å². The van der Waals surface area contributed by atoms with Crippen LogP contribution in [0.5, 0.6) is 0 Å². The first-order valence-electron chi connectivity index (χ1n) is 11.7. The van der Waals surface area contributed by atoms with E-state index in [0.717, 1.165) is 50.5 Å². The van der Waals surface area contributed by atoms with Crippen molar-refractivity contribution in [1.29, 1.82) is 0 Å². The molecule has 1 aliphatic heterocycles. The predicted octanol–water partition coefficient (Wildman–Crippen LogP) is 0.115. The minimum atomic E-state index is -1.26. The first-order valence-corrected chi connectivity index (χ1v) is 11.7. The molecule has 6 N–H and O–H groups in total. The lowest BCUT2D eigenvalue weighted by Gasteiger charge is -2.34. The molecular weight excluding hydrogens is 516 g/mol. The van der Waals surface area contributed by atoms with Gasteiger partial charge in [-0.1, -0.05) is 0 Å². The van der Waals surface area contributed by atoms with Gasteiger partial charge < -0.3 is 40.6 Å². The zero-order chi connectivity index (χ0) is 29.8. The van der Waals surface area contributed by atoms with Gasteiger partial charge in [-0.3, -0.25) is 9.69 Å². The second-order valence-corrected chi connectivity index (χ2v) is 8.20. The van der Waals surface area contributed by atoms with Gasteiger partial charge in [0.25, 0.3) is 0 Å². The van der Waals surface area contributed by atoms with Crippen molar-refractivity contribution in [3.05, 3.63) is 48.6 Å². The maximum atomic E-state index is 12.1. The van der Waals surface area contributed by atoms with Crippen molar-refractivity contribution < 1.29 is 49.5 Å². The molecule has 14 heteroatoms. The summed E-state index contributed by atoms with van der Waals surface area (Å²) >= 11 is 0. The van der Waals surface area contributed by atoms with Gasteiger partial charge in [-0.05, 0) is 30.7 Å². The van der Waals surface area contributed by atoms with Crippen LogP contribution in [-0.4, -0.2) is 125 Å². The topological polar surface area (TPSA) is 208 Å². The minimum Gasteiger partial charge on any atom is -0.478 e. The van der Waals surface area contributed by atoms with Gasteiger partial charge in [0.05, 0.1) is 6.54 Å². The van der Waals surface area contributed by atoms with Gasteiger partial charge in [0, 0.05) is 89.1 Å². The number of nitrogens with one attached hydrogen (secondary N) is 1. The summed E-state index contributed by atoms with van der Waals surface area (Å²) < 4.78 is 0. The Morgan fingerprint density at radius 3 is 1.54 bits per heavy atom. The van der Waals surface area contributed by atoms with E-state index < -0.39 is 23.9 Å². The van der Waals surface area contributed by atoms with Crippen molar-refractivity contribution in [2.75, 3.05) is 70.2 Å². The zero-order valence-electron chi connectivity index (χ0n) is 21.9. The van der Waals surface area contributed by atoms with E-state index >= 15 is 0 Å². The van der Waals surface area contributed by atoms with Crippen LogP contribution in [0.3, 0.4) is 0 Å². The van der Waals surface area contributed by atoms with Gasteiger partial charge in [-0.25, -0.2) is 19.2 Å². The zero-order valence-corrected chi connectivity index (χ0v) is 21.9. The fraction of sp³-hybridized carbons (Fsp3) is 0.400. The van der Waals surface area contributed by atoms with Crippen molar-refractivity contribution in [2.45, 2.75) is 6.42 Å². The largest absolute Gasteiger partial charge is 0.478 e. The smallest absolute Gasteiger partial charge is 0.328 e. The highest BCUT2D eigenvalue weighted by atomic mass is 16.4. The van der Waals surface area contributed by atoms with Crippen LogP contribution >= 0.6 is 0 Å². The first kappa shape index (κ1) is 34.7. The van der Waals surface area contributed by atoms with Crippen LogP contribution in [0.15, 0.2) is 48.6 Å². The molecule has 1 aromatic carbocycles. The highest BCUT2D eigenvalue weighted by Crippen LogP contribution is 2.15. The quantitative estimate of drug-likeness (QED) is 0.202. The average molecular weight is 553 g/mol. The molecular formula is C25H36N4O10. The van der Waals surface area contributed by atoms with E-state index in [9.17, 15) is 24.0 Å². The summed E-state index contributed by atoms with van der Waals surface area (Å²) in [5.74, 6) is -4.99. The van der Waals surface area contributed by atoms with Gasteiger partial charge in [-0.2, -0.15) is 0 Å². The molecule has 1 aromatic rings. The number of carbonyl (C=O) groups excluding carboxylic acids is 1.